The number of likely N-dealkylation sites (tertiary alicyclic amines) is 1. The molecule has 40 heavy (non-hydrogen) atoms. The summed E-state index contributed by atoms with van der Waals surface area (Å²) >= 11 is 0. The zero-order chi connectivity index (χ0) is 28.0. The Hall–Kier alpha value is -4.61. The first-order valence-corrected chi connectivity index (χ1v) is 12.8. The highest BCUT2D eigenvalue weighted by molar-refractivity contribution is 5.86. The molecule has 0 spiro atoms. The van der Waals surface area contributed by atoms with Crippen molar-refractivity contribution in [1.82, 2.24) is 9.47 Å². The van der Waals surface area contributed by atoms with E-state index in [9.17, 15) is 24.8 Å². The molecule has 11 nitrogen and oxygen atoms in total. The molecule has 0 radical (unpaired) electrons. The maximum absolute atomic E-state index is 13.0. The monoisotopic (exact) mass is 544 g/mol. The Bertz CT molecular complexity index is 1710. The zero-order valence-electron chi connectivity index (χ0n) is 21.6. The number of hydrogen-bond acceptors (Lipinski definition) is 9. The Morgan fingerprint density at radius 1 is 1.10 bits per heavy atom. The van der Waals surface area contributed by atoms with Gasteiger partial charge in [-0.15, -0.1) is 0 Å². The molecule has 11 heteroatoms. The average Bonchev–Trinajstić information content (AvgIpc) is 2.96. The minimum atomic E-state index is -0.530. The third-order valence-corrected chi connectivity index (χ3v) is 7.61. The number of rotatable bonds is 6. The lowest BCUT2D eigenvalue weighted by Crippen LogP contribution is -2.50. The first-order valence-electron chi connectivity index (χ1n) is 12.8. The van der Waals surface area contributed by atoms with Gasteiger partial charge in [-0.05, 0) is 54.3 Å². The molecule has 2 atom stereocenters. The van der Waals surface area contributed by atoms with Crippen molar-refractivity contribution in [2.45, 2.75) is 18.9 Å². The third-order valence-electron chi connectivity index (χ3n) is 7.61. The van der Waals surface area contributed by atoms with Crippen LogP contribution in [0.5, 0.6) is 11.5 Å². The summed E-state index contributed by atoms with van der Waals surface area (Å²) in [5.41, 5.74) is 0.848. The summed E-state index contributed by atoms with van der Waals surface area (Å²) in [7, 11) is 1.52. The average molecular weight is 545 g/mol. The van der Waals surface area contributed by atoms with Gasteiger partial charge in [0.25, 0.3) is 11.5 Å². The molecule has 206 valence electrons. The van der Waals surface area contributed by atoms with Crippen molar-refractivity contribution in [3.05, 3.63) is 92.3 Å². The van der Waals surface area contributed by atoms with E-state index in [1.807, 2.05) is 12.1 Å². The van der Waals surface area contributed by atoms with E-state index < -0.39 is 16.4 Å². The van der Waals surface area contributed by atoms with Gasteiger partial charge in [-0.3, -0.25) is 14.8 Å². The number of piperidine rings is 1. The van der Waals surface area contributed by atoms with Crippen LogP contribution >= 0.6 is 0 Å². The van der Waals surface area contributed by atoms with Crippen LogP contribution in [0.1, 0.15) is 18.0 Å². The zero-order valence-corrected chi connectivity index (χ0v) is 21.6. The number of anilines is 1. The van der Waals surface area contributed by atoms with Crippen LogP contribution in [0, 0.1) is 11.1 Å². The van der Waals surface area contributed by atoms with Crippen molar-refractivity contribution in [2.24, 2.45) is 5.92 Å². The second-order valence-corrected chi connectivity index (χ2v) is 10.1. The topological polar surface area (TPSA) is 138 Å². The van der Waals surface area contributed by atoms with Crippen molar-refractivity contribution in [3.63, 3.8) is 0 Å². The number of para-hydroxylation sites is 1. The largest absolute Gasteiger partial charge is 0.733 e. The van der Waals surface area contributed by atoms with Gasteiger partial charge in [-0.2, -0.15) is 0 Å². The molecular weight excluding hydrogens is 518 g/mol. The number of aromatic nitrogens is 1. The SMILES string of the molecule is COc1cccc2cc(-c3ccc(OCC(=O)N4C[C@@H]5C[C@H](C4)c4ccc(N([O-])O)c(=O)n4C5)cc3)c(=O)oc12. The predicted molar refractivity (Wildman–Crippen MR) is 146 cm³/mol. The summed E-state index contributed by atoms with van der Waals surface area (Å²) in [5.74, 6) is 0.796. The Labute approximate surface area is 227 Å². The molecule has 0 unspecified atom stereocenters. The highest BCUT2D eigenvalue weighted by Gasteiger charge is 2.36. The van der Waals surface area contributed by atoms with Crippen LogP contribution in [0.2, 0.25) is 0 Å². The smallest absolute Gasteiger partial charge is 0.344 e. The van der Waals surface area contributed by atoms with Crippen LogP contribution in [0.4, 0.5) is 5.69 Å². The summed E-state index contributed by atoms with van der Waals surface area (Å²) in [6, 6.07) is 17.0. The van der Waals surface area contributed by atoms with Gasteiger partial charge in [0.05, 0.1) is 12.7 Å². The van der Waals surface area contributed by atoms with Gasteiger partial charge in [-0.1, -0.05) is 24.3 Å². The summed E-state index contributed by atoms with van der Waals surface area (Å²) in [6.45, 7) is 1.11. The lowest BCUT2D eigenvalue weighted by Gasteiger charge is -2.43. The Balaban J connectivity index is 1.12. The molecule has 1 fully saturated rings. The van der Waals surface area contributed by atoms with E-state index in [0.717, 1.165) is 17.5 Å². The second kappa shape index (κ2) is 10.2. The number of methoxy groups -OCH3 is 1. The molecule has 0 saturated carbocycles. The molecule has 1 saturated heterocycles. The number of ether oxygens (including phenoxy) is 2. The van der Waals surface area contributed by atoms with Crippen LogP contribution in [-0.2, 0) is 11.3 Å². The van der Waals surface area contributed by atoms with E-state index in [1.54, 1.807) is 47.4 Å². The quantitative estimate of drug-likeness (QED) is 0.286. The number of fused-ring (bicyclic) bond motifs is 5. The first kappa shape index (κ1) is 25.7. The molecule has 2 aromatic heterocycles. The molecule has 4 aromatic rings. The second-order valence-electron chi connectivity index (χ2n) is 10.1. The maximum atomic E-state index is 13.0. The number of carbonyl (C=O) groups is 1. The van der Waals surface area contributed by atoms with Gasteiger partial charge in [0.15, 0.2) is 17.9 Å². The van der Waals surface area contributed by atoms with Gasteiger partial charge < -0.3 is 33.8 Å². The fraction of sp³-hybridized carbons (Fsp3) is 0.276. The molecule has 2 aliphatic rings. The van der Waals surface area contributed by atoms with Gasteiger partial charge in [-0.25, -0.2) is 4.79 Å². The molecule has 1 amide bonds. The Morgan fingerprint density at radius 2 is 1.90 bits per heavy atom. The number of carbonyl (C=O) groups excluding carboxylic acids is 1. The standard InChI is InChI=1S/C29H26N3O8/c1-38-25-4-2-3-19-12-22(29(35)40-27(19)25)18-5-7-21(8-6-18)39-16-26(33)30-13-17-11-20(15-30)23-9-10-24(32(36)37)28(34)31(23)14-17/h2-10,12,17,20,36H,11,13-16H2,1H3/q-1/t17-,20+/m0/s1. The molecule has 1 N–H and O–H groups in total. The normalized spacial score (nSPS) is 17.8. The minimum absolute atomic E-state index is 0.0508. The summed E-state index contributed by atoms with van der Waals surface area (Å²) < 4.78 is 18.1. The van der Waals surface area contributed by atoms with Crippen molar-refractivity contribution < 1.29 is 23.9 Å². The van der Waals surface area contributed by atoms with Gasteiger partial charge >= 0.3 is 5.63 Å². The first-order chi connectivity index (χ1) is 19.3. The van der Waals surface area contributed by atoms with Crippen molar-refractivity contribution in [2.75, 3.05) is 32.0 Å². The van der Waals surface area contributed by atoms with E-state index >= 15 is 0 Å². The lowest BCUT2D eigenvalue weighted by atomic mass is 9.83. The van der Waals surface area contributed by atoms with E-state index in [1.165, 1.54) is 17.7 Å². The number of hydrogen-bond donors (Lipinski definition) is 1. The van der Waals surface area contributed by atoms with Gasteiger partial charge in [0.1, 0.15) is 11.4 Å². The van der Waals surface area contributed by atoms with E-state index in [-0.39, 0.29) is 30.0 Å². The van der Waals surface area contributed by atoms with Crippen LogP contribution in [0.15, 0.2) is 74.7 Å². The number of amides is 1. The molecule has 2 aromatic carbocycles. The maximum Gasteiger partial charge on any atom is 0.344 e. The van der Waals surface area contributed by atoms with Crippen LogP contribution in [0.3, 0.4) is 0 Å². The summed E-state index contributed by atoms with van der Waals surface area (Å²) in [4.78, 5) is 40.0. The van der Waals surface area contributed by atoms with Crippen molar-refractivity contribution in [3.8, 4) is 22.6 Å². The highest BCUT2D eigenvalue weighted by Crippen LogP contribution is 2.36. The predicted octanol–water partition coefficient (Wildman–Crippen LogP) is 3.35. The Morgan fingerprint density at radius 3 is 2.65 bits per heavy atom. The van der Waals surface area contributed by atoms with Crippen LogP contribution in [0.25, 0.3) is 22.1 Å². The van der Waals surface area contributed by atoms with E-state index in [2.05, 4.69) is 0 Å². The summed E-state index contributed by atoms with van der Waals surface area (Å²) in [5, 5.41) is 20.8. The molecule has 2 aliphatic heterocycles. The number of pyridine rings is 1. The molecule has 4 heterocycles. The minimum Gasteiger partial charge on any atom is -0.733 e. The third kappa shape index (κ3) is 4.59. The molecule has 2 bridgehead atoms. The van der Waals surface area contributed by atoms with Crippen LogP contribution < -0.4 is 25.9 Å². The lowest BCUT2D eigenvalue weighted by molar-refractivity contribution is -0.136. The van der Waals surface area contributed by atoms with E-state index in [0.29, 0.717) is 47.8 Å². The number of benzene rings is 2. The molecule has 0 aliphatic carbocycles. The van der Waals surface area contributed by atoms with Crippen molar-refractivity contribution >= 4 is 22.6 Å². The number of nitrogens with zero attached hydrogens (tertiary/aromatic N) is 3. The highest BCUT2D eigenvalue weighted by atomic mass is 16.8. The fourth-order valence-corrected chi connectivity index (χ4v) is 5.73. The fourth-order valence-electron chi connectivity index (χ4n) is 5.73. The van der Waals surface area contributed by atoms with Gasteiger partial charge in [0, 0.05) is 36.6 Å². The van der Waals surface area contributed by atoms with Crippen LogP contribution in [-0.4, -0.2) is 47.4 Å². The van der Waals surface area contributed by atoms with Crippen molar-refractivity contribution in [1.29, 1.82) is 0 Å². The molecule has 6 rings (SSSR count). The Kier molecular flexibility index (Phi) is 6.53. The summed E-state index contributed by atoms with van der Waals surface area (Å²) in [6.07, 6.45) is 0.834. The van der Waals surface area contributed by atoms with E-state index in [4.69, 9.17) is 13.9 Å². The van der Waals surface area contributed by atoms with Gasteiger partial charge in [0.2, 0.25) is 0 Å². The molecular formula is C29H26N3O8-.